The Labute approximate surface area is 188 Å². The lowest BCUT2D eigenvalue weighted by atomic mass is 10.1. The Balaban J connectivity index is 1.36. The van der Waals surface area contributed by atoms with Gasteiger partial charge in [0.05, 0.1) is 31.1 Å². The molecule has 33 heavy (non-hydrogen) atoms. The third-order valence-electron chi connectivity index (χ3n) is 5.06. The zero-order valence-electron chi connectivity index (χ0n) is 18.0. The molecule has 0 aliphatic carbocycles. The van der Waals surface area contributed by atoms with Crippen molar-refractivity contribution in [3.05, 3.63) is 72.3 Å². The van der Waals surface area contributed by atoms with Gasteiger partial charge in [0.25, 0.3) is 5.89 Å². The van der Waals surface area contributed by atoms with Crippen LogP contribution in [-0.4, -0.2) is 47.2 Å². The average molecular weight is 444 g/mol. The fourth-order valence-electron chi connectivity index (χ4n) is 3.35. The van der Waals surface area contributed by atoms with Crippen molar-refractivity contribution >= 4 is 0 Å². The minimum absolute atomic E-state index is 0.276. The topological polar surface area (TPSA) is 119 Å². The highest BCUT2D eigenvalue weighted by Gasteiger charge is 2.18. The van der Waals surface area contributed by atoms with Gasteiger partial charge in [0.2, 0.25) is 5.82 Å². The highest BCUT2D eigenvalue weighted by molar-refractivity contribution is 5.61. The van der Waals surface area contributed by atoms with Crippen molar-refractivity contribution in [2.75, 3.05) is 7.11 Å². The van der Waals surface area contributed by atoms with Gasteiger partial charge in [0, 0.05) is 18.7 Å². The highest BCUT2D eigenvalue weighted by atomic mass is 16.5. The lowest BCUT2D eigenvalue weighted by Crippen LogP contribution is -2.04. The van der Waals surface area contributed by atoms with E-state index in [9.17, 15) is 0 Å². The van der Waals surface area contributed by atoms with Crippen molar-refractivity contribution in [3.63, 3.8) is 0 Å². The standard InChI is InChI=1S/C22H20N8O3/c1-29-20(13-32-18-8-4-7-17(10-18)31-2)19(11-24-29)22-25-21(26-33-22)16-6-3-5-15(9-16)12-30-14-23-27-28-30/h3-11,14H,12-13H2,1-2H3. The van der Waals surface area contributed by atoms with Crippen LogP contribution in [0.1, 0.15) is 11.3 Å². The lowest BCUT2D eigenvalue weighted by Gasteiger charge is -2.09. The van der Waals surface area contributed by atoms with Gasteiger partial charge in [-0.2, -0.15) is 10.1 Å². The third kappa shape index (κ3) is 4.42. The number of rotatable bonds is 8. The summed E-state index contributed by atoms with van der Waals surface area (Å²) in [5, 5.41) is 19.7. The molecule has 0 aliphatic heterocycles. The summed E-state index contributed by atoms with van der Waals surface area (Å²) in [5.74, 6) is 2.26. The van der Waals surface area contributed by atoms with Gasteiger partial charge in [-0.05, 0) is 34.2 Å². The van der Waals surface area contributed by atoms with Crippen molar-refractivity contribution in [1.29, 1.82) is 0 Å². The summed E-state index contributed by atoms with van der Waals surface area (Å²) in [4.78, 5) is 4.59. The van der Waals surface area contributed by atoms with E-state index in [0.29, 0.717) is 29.6 Å². The molecule has 0 saturated carbocycles. The monoisotopic (exact) mass is 444 g/mol. The molecule has 0 unspecified atom stereocenters. The Morgan fingerprint density at radius 2 is 1.94 bits per heavy atom. The molecule has 0 atom stereocenters. The molecule has 0 aliphatic rings. The highest BCUT2D eigenvalue weighted by Crippen LogP contribution is 2.27. The lowest BCUT2D eigenvalue weighted by molar-refractivity contribution is 0.292. The van der Waals surface area contributed by atoms with Crippen molar-refractivity contribution in [2.45, 2.75) is 13.2 Å². The fourth-order valence-corrected chi connectivity index (χ4v) is 3.35. The number of ether oxygens (including phenoxy) is 2. The zero-order chi connectivity index (χ0) is 22.6. The number of aryl methyl sites for hydroxylation is 1. The van der Waals surface area contributed by atoms with Crippen molar-refractivity contribution in [3.8, 4) is 34.3 Å². The van der Waals surface area contributed by atoms with Gasteiger partial charge in [-0.1, -0.05) is 29.4 Å². The van der Waals surface area contributed by atoms with Crippen molar-refractivity contribution < 1.29 is 14.0 Å². The predicted octanol–water partition coefficient (Wildman–Crippen LogP) is 2.76. The van der Waals surface area contributed by atoms with Crippen LogP contribution in [0, 0.1) is 0 Å². The molecule has 0 amide bonds. The van der Waals surface area contributed by atoms with E-state index in [-0.39, 0.29) is 6.61 Å². The largest absolute Gasteiger partial charge is 0.497 e. The second-order valence-electron chi connectivity index (χ2n) is 7.23. The minimum Gasteiger partial charge on any atom is -0.497 e. The molecule has 0 fully saturated rings. The molecule has 5 aromatic rings. The van der Waals surface area contributed by atoms with Crippen molar-refractivity contribution in [1.82, 2.24) is 40.1 Å². The van der Waals surface area contributed by atoms with Gasteiger partial charge >= 0.3 is 0 Å². The van der Waals surface area contributed by atoms with Crippen LogP contribution in [0.25, 0.3) is 22.8 Å². The predicted molar refractivity (Wildman–Crippen MR) is 116 cm³/mol. The van der Waals surface area contributed by atoms with E-state index in [1.807, 2.05) is 55.6 Å². The second kappa shape index (κ2) is 8.91. The van der Waals surface area contributed by atoms with Crippen LogP contribution in [0.15, 0.2) is 65.6 Å². The molecule has 0 spiro atoms. The number of nitrogens with zero attached hydrogens (tertiary/aromatic N) is 8. The molecular weight excluding hydrogens is 424 g/mol. The van der Waals surface area contributed by atoms with E-state index in [4.69, 9.17) is 14.0 Å². The SMILES string of the molecule is COc1cccc(OCc2c(-c3nc(-c4cccc(Cn5cnnn5)c4)no3)cnn2C)c1. The summed E-state index contributed by atoms with van der Waals surface area (Å²) in [6.07, 6.45) is 3.26. The average Bonchev–Trinajstić information content (AvgIpc) is 3.60. The van der Waals surface area contributed by atoms with Crippen LogP contribution in [0.5, 0.6) is 11.5 Å². The molecule has 0 bridgehead atoms. The Bertz CT molecular complexity index is 1360. The van der Waals surface area contributed by atoms with Crippen LogP contribution < -0.4 is 9.47 Å². The van der Waals surface area contributed by atoms with E-state index in [2.05, 4.69) is 30.8 Å². The van der Waals surface area contributed by atoms with Gasteiger partial charge in [-0.25, -0.2) is 4.68 Å². The number of benzene rings is 2. The first-order valence-electron chi connectivity index (χ1n) is 10.1. The molecule has 3 heterocycles. The van der Waals surface area contributed by atoms with Gasteiger partial charge in [-0.3, -0.25) is 4.68 Å². The van der Waals surface area contributed by atoms with Crippen molar-refractivity contribution in [2.24, 2.45) is 7.05 Å². The summed E-state index contributed by atoms with van der Waals surface area (Å²) < 4.78 is 20.1. The van der Waals surface area contributed by atoms with Crippen LogP contribution in [0.3, 0.4) is 0 Å². The maximum Gasteiger partial charge on any atom is 0.261 e. The first-order valence-corrected chi connectivity index (χ1v) is 10.1. The van der Waals surface area contributed by atoms with Gasteiger partial charge < -0.3 is 14.0 Å². The van der Waals surface area contributed by atoms with E-state index >= 15 is 0 Å². The molecule has 3 aromatic heterocycles. The van der Waals surface area contributed by atoms with Gasteiger partial charge in [0.15, 0.2) is 0 Å². The maximum atomic E-state index is 5.94. The molecule has 5 rings (SSSR count). The first-order chi connectivity index (χ1) is 16.2. The molecule has 166 valence electrons. The first kappa shape index (κ1) is 20.4. The number of methoxy groups -OCH3 is 1. The molecular formula is C22H20N8O3. The van der Waals surface area contributed by atoms with E-state index in [1.165, 1.54) is 0 Å². The number of hydrogen-bond acceptors (Lipinski definition) is 9. The molecule has 0 saturated heterocycles. The van der Waals surface area contributed by atoms with Gasteiger partial charge in [0.1, 0.15) is 24.4 Å². The van der Waals surface area contributed by atoms with Gasteiger partial charge in [-0.15, -0.1) is 5.10 Å². The Morgan fingerprint density at radius 3 is 2.79 bits per heavy atom. The summed E-state index contributed by atoms with van der Waals surface area (Å²) in [5.41, 5.74) is 3.36. The fraction of sp³-hybridized carbons (Fsp3) is 0.182. The van der Waals surface area contributed by atoms with Crippen LogP contribution in [-0.2, 0) is 20.2 Å². The Kier molecular flexibility index (Phi) is 5.50. The molecule has 11 nitrogen and oxygen atoms in total. The summed E-state index contributed by atoms with van der Waals surface area (Å²) >= 11 is 0. The normalized spacial score (nSPS) is 11.0. The maximum absolute atomic E-state index is 5.94. The number of hydrogen-bond donors (Lipinski definition) is 0. The Morgan fingerprint density at radius 1 is 1.06 bits per heavy atom. The second-order valence-corrected chi connectivity index (χ2v) is 7.23. The molecule has 2 aromatic carbocycles. The van der Waals surface area contributed by atoms with Crippen LogP contribution in [0.4, 0.5) is 0 Å². The number of tetrazole rings is 1. The number of aromatic nitrogens is 8. The summed E-state index contributed by atoms with van der Waals surface area (Å²) in [6, 6.07) is 15.2. The van der Waals surface area contributed by atoms with Crippen LogP contribution in [0.2, 0.25) is 0 Å². The van der Waals surface area contributed by atoms with Crippen LogP contribution >= 0.6 is 0 Å². The summed E-state index contributed by atoms with van der Waals surface area (Å²) in [6.45, 7) is 0.818. The molecule has 0 N–H and O–H groups in total. The minimum atomic E-state index is 0.276. The molecule has 11 heteroatoms. The van der Waals surface area contributed by atoms with E-state index in [0.717, 1.165) is 22.6 Å². The molecule has 0 radical (unpaired) electrons. The Hall–Kier alpha value is -4.54. The third-order valence-corrected chi connectivity index (χ3v) is 5.06. The van der Waals surface area contributed by atoms with E-state index < -0.39 is 0 Å². The summed E-state index contributed by atoms with van der Waals surface area (Å²) in [7, 11) is 3.46. The smallest absolute Gasteiger partial charge is 0.261 e. The van der Waals surface area contributed by atoms with E-state index in [1.54, 1.807) is 29.0 Å². The quantitative estimate of drug-likeness (QED) is 0.356. The zero-order valence-corrected chi connectivity index (χ0v) is 18.0.